The van der Waals surface area contributed by atoms with Gasteiger partial charge in [-0.15, -0.1) is 0 Å². The van der Waals surface area contributed by atoms with E-state index < -0.39 is 23.7 Å². The van der Waals surface area contributed by atoms with Gasteiger partial charge in [0.05, 0.1) is 5.69 Å². The van der Waals surface area contributed by atoms with E-state index in [0.717, 1.165) is 5.56 Å². The number of hydrogen-bond donors (Lipinski definition) is 3. The molecule has 0 unspecified atom stereocenters. The minimum atomic E-state index is -5.55. The van der Waals surface area contributed by atoms with E-state index in [1.165, 1.54) is 5.32 Å². The molecule has 0 spiro atoms. The van der Waals surface area contributed by atoms with Crippen molar-refractivity contribution in [3.8, 4) is 0 Å². The van der Waals surface area contributed by atoms with Gasteiger partial charge in [-0.3, -0.25) is 10.9 Å². The lowest BCUT2D eigenvalue weighted by Crippen LogP contribution is -2.64. The predicted molar refractivity (Wildman–Crippen MR) is 84.7 cm³/mol. The molecule has 0 amide bonds. The zero-order valence-electron chi connectivity index (χ0n) is 14.3. The Morgan fingerprint density at radius 1 is 0.840 bits per heavy atom. The van der Waals surface area contributed by atoms with Crippen molar-refractivity contribution >= 4 is 5.69 Å². The highest BCUT2D eigenvalue weighted by Gasteiger charge is 2.68. The van der Waals surface area contributed by atoms with E-state index in [1.54, 1.807) is 24.3 Å². The Bertz CT molecular complexity index is 582. The topological polar surface area (TPSA) is 36.1 Å². The van der Waals surface area contributed by atoms with Gasteiger partial charge in [-0.05, 0) is 30.0 Å². The molecule has 3 N–H and O–H groups in total. The van der Waals surface area contributed by atoms with Gasteiger partial charge in [0.2, 0.25) is 5.54 Å². The number of rotatable bonds is 5. The molecule has 0 aromatic heterocycles. The van der Waals surface area contributed by atoms with E-state index in [2.05, 4.69) is 17.4 Å². The molecule has 0 radical (unpaired) electrons. The molecule has 25 heavy (non-hydrogen) atoms. The monoisotopic (exact) mass is 369 g/mol. The molecule has 1 aromatic rings. The predicted octanol–water partition coefficient (Wildman–Crippen LogP) is 4.84. The quantitative estimate of drug-likeness (QED) is 0.513. The van der Waals surface area contributed by atoms with Gasteiger partial charge < -0.3 is 5.32 Å². The molecular formula is C16H21F6N3. The third-order valence-electron chi connectivity index (χ3n) is 3.64. The maximum Gasteiger partial charge on any atom is 0.420 e. The number of hydrazine groups is 1. The number of benzene rings is 1. The summed E-state index contributed by atoms with van der Waals surface area (Å²) in [4.78, 5) is 0. The second kappa shape index (κ2) is 6.68. The first-order valence-electron chi connectivity index (χ1n) is 7.31. The summed E-state index contributed by atoms with van der Waals surface area (Å²) in [7, 11) is 0. The first-order valence-corrected chi connectivity index (χ1v) is 7.31. The average molecular weight is 369 g/mol. The van der Waals surface area contributed by atoms with Crippen molar-refractivity contribution in [3.05, 3.63) is 42.2 Å². The Morgan fingerprint density at radius 3 is 1.64 bits per heavy atom. The molecule has 0 aliphatic heterocycles. The summed E-state index contributed by atoms with van der Waals surface area (Å²) in [6.45, 7) is 9.19. The highest BCUT2D eigenvalue weighted by molar-refractivity contribution is 5.45. The Balaban J connectivity index is 2.77. The minimum absolute atomic E-state index is 0.0119. The highest BCUT2D eigenvalue weighted by Crippen LogP contribution is 2.43. The van der Waals surface area contributed by atoms with Gasteiger partial charge in [0.25, 0.3) is 0 Å². The molecule has 0 bridgehead atoms. The number of hydrogen-bond acceptors (Lipinski definition) is 3. The Hall–Kier alpha value is -2.06. The number of halogens is 6. The fraction of sp³-hybridized carbons (Fsp3) is 0.500. The van der Waals surface area contributed by atoms with Crippen molar-refractivity contribution < 1.29 is 26.3 Å². The first kappa shape index (κ1) is 21.0. The van der Waals surface area contributed by atoms with Gasteiger partial charge in [0, 0.05) is 0 Å². The summed E-state index contributed by atoms with van der Waals surface area (Å²) >= 11 is 0. The number of alkyl halides is 6. The summed E-state index contributed by atoms with van der Waals surface area (Å²) in [5.41, 5.74) is 1.98. The summed E-state index contributed by atoms with van der Waals surface area (Å²) < 4.78 is 76.8. The lowest BCUT2D eigenvalue weighted by Gasteiger charge is -2.36. The molecule has 142 valence electrons. The van der Waals surface area contributed by atoms with Gasteiger partial charge in [-0.25, -0.2) is 0 Å². The van der Waals surface area contributed by atoms with Crippen LogP contribution in [0.3, 0.4) is 0 Å². The summed E-state index contributed by atoms with van der Waals surface area (Å²) in [5, 5.41) is 1.36. The third-order valence-corrected chi connectivity index (χ3v) is 3.64. The van der Waals surface area contributed by atoms with Crippen molar-refractivity contribution in [1.82, 2.24) is 10.7 Å². The lowest BCUT2D eigenvalue weighted by molar-refractivity contribution is -0.299. The van der Waals surface area contributed by atoms with Crippen molar-refractivity contribution in [2.45, 2.75) is 51.0 Å². The number of anilines is 1. The molecule has 9 heteroatoms. The van der Waals surface area contributed by atoms with Crippen LogP contribution >= 0.6 is 0 Å². The normalized spacial score (nSPS) is 13.4. The zero-order chi connectivity index (χ0) is 19.7. The molecule has 0 saturated carbocycles. The van der Waals surface area contributed by atoms with Crippen LogP contribution in [0.4, 0.5) is 32.0 Å². The van der Waals surface area contributed by atoms with E-state index in [1.807, 2.05) is 20.8 Å². The second-order valence-electron chi connectivity index (χ2n) is 6.80. The largest absolute Gasteiger partial charge is 0.420 e. The van der Waals surface area contributed by atoms with E-state index in [-0.39, 0.29) is 12.3 Å². The van der Waals surface area contributed by atoms with Crippen LogP contribution in [0.15, 0.2) is 36.7 Å². The Labute approximate surface area is 142 Å². The molecule has 0 fully saturated rings. The molecule has 0 heterocycles. The van der Waals surface area contributed by atoms with Gasteiger partial charge in [0.1, 0.15) is 5.82 Å². The second-order valence-corrected chi connectivity index (χ2v) is 6.80. The van der Waals surface area contributed by atoms with E-state index in [0.29, 0.717) is 5.69 Å². The third kappa shape index (κ3) is 4.96. The minimum Gasteiger partial charge on any atom is -0.350 e. The van der Waals surface area contributed by atoms with Gasteiger partial charge in [0.15, 0.2) is 0 Å². The van der Waals surface area contributed by atoms with Crippen LogP contribution in [0.25, 0.3) is 0 Å². The van der Waals surface area contributed by atoms with Crippen LogP contribution in [0.5, 0.6) is 0 Å². The van der Waals surface area contributed by atoms with Crippen LogP contribution < -0.4 is 16.2 Å². The molecule has 1 rings (SSSR count). The van der Waals surface area contributed by atoms with Crippen molar-refractivity contribution in [2.24, 2.45) is 0 Å². The maximum absolute atomic E-state index is 12.8. The summed E-state index contributed by atoms with van der Waals surface area (Å²) in [6, 6.07) is 6.90. The molecule has 0 saturated heterocycles. The first-order chi connectivity index (χ1) is 11.1. The van der Waals surface area contributed by atoms with Gasteiger partial charge >= 0.3 is 12.4 Å². The van der Waals surface area contributed by atoms with Crippen LogP contribution in [0.1, 0.15) is 33.3 Å². The lowest BCUT2D eigenvalue weighted by atomic mass is 9.87. The van der Waals surface area contributed by atoms with E-state index in [4.69, 9.17) is 0 Å². The van der Waals surface area contributed by atoms with Gasteiger partial charge in [-0.2, -0.15) is 26.3 Å². The molecule has 0 aliphatic carbocycles. The SMILES string of the molecule is C=C(NNc1ccc(C(C)(C)C)cc1)NC(C)(C(F)(F)F)C(F)(F)F. The van der Waals surface area contributed by atoms with Crippen molar-refractivity contribution in [1.29, 1.82) is 0 Å². The Morgan fingerprint density at radius 2 is 1.28 bits per heavy atom. The molecular weight excluding hydrogens is 348 g/mol. The van der Waals surface area contributed by atoms with Crippen molar-refractivity contribution in [2.75, 3.05) is 5.43 Å². The van der Waals surface area contributed by atoms with Crippen LogP contribution in [0.2, 0.25) is 0 Å². The smallest absolute Gasteiger partial charge is 0.350 e. The van der Waals surface area contributed by atoms with Crippen LogP contribution in [0, 0.1) is 0 Å². The zero-order valence-corrected chi connectivity index (χ0v) is 14.3. The average Bonchev–Trinajstić information content (AvgIpc) is 2.42. The summed E-state index contributed by atoms with van der Waals surface area (Å²) in [5.74, 6) is -0.669. The number of nitrogens with one attached hydrogen (secondary N) is 3. The van der Waals surface area contributed by atoms with Gasteiger partial charge in [-0.1, -0.05) is 39.5 Å². The Kier molecular flexibility index (Phi) is 5.61. The van der Waals surface area contributed by atoms with Crippen LogP contribution in [-0.2, 0) is 5.41 Å². The fourth-order valence-electron chi connectivity index (χ4n) is 1.84. The van der Waals surface area contributed by atoms with Crippen molar-refractivity contribution in [3.63, 3.8) is 0 Å². The fourth-order valence-corrected chi connectivity index (χ4v) is 1.84. The summed E-state index contributed by atoms with van der Waals surface area (Å²) in [6.07, 6.45) is -11.1. The molecule has 0 atom stereocenters. The molecule has 1 aromatic carbocycles. The maximum atomic E-state index is 12.8. The highest BCUT2D eigenvalue weighted by atomic mass is 19.4. The van der Waals surface area contributed by atoms with Crippen LogP contribution in [-0.4, -0.2) is 17.9 Å². The standard InChI is InChI=1S/C16H21F6N3/c1-10(23-14(5,15(17,18)19)16(20,21)22)24-25-12-8-6-11(7-9-12)13(2,3)4/h6-9,23-25H,1H2,2-5H3. The van der Waals surface area contributed by atoms with E-state index in [9.17, 15) is 26.3 Å². The molecule has 0 aliphatic rings. The van der Waals surface area contributed by atoms with E-state index >= 15 is 0 Å². The molecule has 3 nitrogen and oxygen atoms in total.